The quantitative estimate of drug-likeness (QED) is 0.703. The molecule has 0 saturated carbocycles. The maximum absolute atomic E-state index is 13.2. The van der Waals surface area contributed by atoms with Gasteiger partial charge in [0, 0.05) is 17.0 Å². The predicted molar refractivity (Wildman–Crippen MR) is 106 cm³/mol. The van der Waals surface area contributed by atoms with Crippen molar-refractivity contribution in [2.45, 2.75) is 18.1 Å². The molecule has 29 heavy (non-hydrogen) atoms. The van der Waals surface area contributed by atoms with Gasteiger partial charge in [-0.1, -0.05) is 41.4 Å². The molecule has 1 spiro atoms. The van der Waals surface area contributed by atoms with Crippen molar-refractivity contribution in [3.05, 3.63) is 58.1 Å². The molecule has 2 aliphatic heterocycles. The number of β-amino-alcohol motifs (C(OH)–C–C–N with tert-alkyl or cyclic N) is 1. The Morgan fingerprint density at radius 3 is 2.83 bits per heavy atom. The first-order chi connectivity index (χ1) is 13.9. The summed E-state index contributed by atoms with van der Waals surface area (Å²) in [6.45, 7) is -0.0522. The minimum Gasteiger partial charge on any atom is -0.493 e. The Morgan fingerprint density at radius 2 is 2.03 bits per heavy atom. The average Bonchev–Trinajstić information content (AvgIpc) is 2.92. The van der Waals surface area contributed by atoms with Crippen LogP contribution in [0.1, 0.15) is 12.0 Å². The lowest BCUT2D eigenvalue weighted by Gasteiger charge is -2.33. The molecular weight excluding hydrogens is 419 g/mol. The first kappa shape index (κ1) is 19.8. The highest BCUT2D eigenvalue weighted by Gasteiger charge is 2.55. The summed E-state index contributed by atoms with van der Waals surface area (Å²) in [6, 6.07) is 11.3. The van der Waals surface area contributed by atoms with Crippen LogP contribution in [0.25, 0.3) is 0 Å². The highest BCUT2D eigenvalue weighted by Crippen LogP contribution is 2.41. The summed E-state index contributed by atoms with van der Waals surface area (Å²) in [5.74, 6) is 0.500. The number of nitrogens with one attached hydrogen (secondary N) is 1. The van der Waals surface area contributed by atoms with Gasteiger partial charge in [0.15, 0.2) is 5.54 Å². The van der Waals surface area contributed by atoms with Crippen LogP contribution in [-0.2, 0) is 10.3 Å². The fraction of sp³-hybridized carbons (Fsp3) is 0.300. The van der Waals surface area contributed by atoms with E-state index in [1.54, 1.807) is 36.4 Å². The van der Waals surface area contributed by atoms with E-state index in [1.807, 2.05) is 0 Å². The number of carbonyl (C=O) groups is 2. The van der Waals surface area contributed by atoms with Crippen molar-refractivity contribution in [1.82, 2.24) is 10.2 Å². The Morgan fingerprint density at radius 1 is 1.24 bits per heavy atom. The monoisotopic (exact) mass is 436 g/mol. The van der Waals surface area contributed by atoms with Gasteiger partial charge >= 0.3 is 6.03 Å². The Hall–Kier alpha value is -2.48. The molecule has 2 aromatic carbocycles. The highest BCUT2D eigenvalue weighted by atomic mass is 35.5. The summed E-state index contributed by atoms with van der Waals surface area (Å²) >= 11 is 11.9. The number of amides is 3. The lowest BCUT2D eigenvalue weighted by atomic mass is 9.84. The number of halogens is 2. The number of carbonyl (C=O) groups excluding carboxylic acids is 2. The van der Waals surface area contributed by atoms with Gasteiger partial charge in [0.25, 0.3) is 5.91 Å². The van der Waals surface area contributed by atoms with Crippen LogP contribution in [0, 0.1) is 0 Å². The summed E-state index contributed by atoms with van der Waals surface area (Å²) < 4.78 is 11.1. The zero-order valence-corrected chi connectivity index (χ0v) is 16.7. The van der Waals surface area contributed by atoms with E-state index in [2.05, 4.69) is 5.32 Å². The number of aliphatic hydroxyl groups is 1. The number of aliphatic hydroxyl groups excluding tert-OH is 1. The summed E-state index contributed by atoms with van der Waals surface area (Å²) in [5.41, 5.74) is -0.558. The normalized spacial score (nSPS) is 21.6. The molecule has 7 nitrogen and oxygen atoms in total. The van der Waals surface area contributed by atoms with E-state index in [1.165, 1.54) is 6.07 Å². The van der Waals surface area contributed by atoms with E-state index in [0.717, 1.165) is 4.90 Å². The SMILES string of the molecule is O=C1N[C@@]2(CCOc3ccccc32)C(=O)N1C[C@H](O)COc1ccc(Cl)cc1Cl. The first-order valence-corrected chi connectivity index (χ1v) is 9.78. The molecule has 2 atom stereocenters. The third kappa shape index (κ3) is 3.61. The standard InChI is InChI=1S/C20H18Cl2N2O5/c21-12-5-6-17(15(22)9-12)29-11-13(25)10-24-18(26)20(23-19(24)27)7-8-28-16-4-2-1-3-14(16)20/h1-6,9,13,25H,7-8,10-11H2,(H,23,27)/t13-,20+/m0/s1. The van der Waals surface area contributed by atoms with Crippen molar-refractivity contribution in [3.63, 3.8) is 0 Å². The van der Waals surface area contributed by atoms with Crippen molar-refractivity contribution in [3.8, 4) is 11.5 Å². The second-order valence-corrected chi connectivity index (χ2v) is 7.73. The van der Waals surface area contributed by atoms with Crippen LogP contribution < -0.4 is 14.8 Å². The molecule has 1 saturated heterocycles. The molecule has 2 aromatic rings. The van der Waals surface area contributed by atoms with Crippen LogP contribution in [0.3, 0.4) is 0 Å². The number of ether oxygens (including phenoxy) is 2. The third-order valence-electron chi connectivity index (χ3n) is 4.98. The Labute approximate surface area is 177 Å². The molecule has 3 amide bonds. The van der Waals surface area contributed by atoms with Gasteiger partial charge in [-0.3, -0.25) is 9.69 Å². The van der Waals surface area contributed by atoms with E-state index in [9.17, 15) is 14.7 Å². The molecule has 2 N–H and O–H groups in total. The van der Waals surface area contributed by atoms with E-state index in [4.69, 9.17) is 32.7 Å². The molecule has 9 heteroatoms. The van der Waals surface area contributed by atoms with E-state index in [0.29, 0.717) is 40.1 Å². The Kier molecular flexibility index (Phi) is 5.29. The van der Waals surface area contributed by atoms with E-state index >= 15 is 0 Å². The lowest BCUT2D eigenvalue weighted by Crippen LogP contribution is -2.48. The maximum atomic E-state index is 13.2. The van der Waals surface area contributed by atoms with Gasteiger partial charge in [0.1, 0.15) is 24.2 Å². The van der Waals surface area contributed by atoms with Crippen LogP contribution in [0.2, 0.25) is 10.0 Å². The van der Waals surface area contributed by atoms with Gasteiger partial charge in [-0.15, -0.1) is 0 Å². The number of benzene rings is 2. The molecular formula is C20H18Cl2N2O5. The van der Waals surface area contributed by atoms with Crippen molar-refractivity contribution >= 4 is 35.1 Å². The summed E-state index contributed by atoms with van der Waals surface area (Å²) in [7, 11) is 0. The molecule has 0 unspecified atom stereocenters. The maximum Gasteiger partial charge on any atom is 0.325 e. The molecule has 0 aliphatic carbocycles. The van der Waals surface area contributed by atoms with Crippen LogP contribution >= 0.6 is 23.2 Å². The predicted octanol–water partition coefficient (Wildman–Crippen LogP) is 2.96. The van der Waals surface area contributed by atoms with Crippen molar-refractivity contribution in [1.29, 1.82) is 0 Å². The van der Waals surface area contributed by atoms with Crippen molar-refractivity contribution in [2.75, 3.05) is 19.8 Å². The highest BCUT2D eigenvalue weighted by molar-refractivity contribution is 6.35. The zero-order valence-electron chi connectivity index (χ0n) is 15.2. The van der Waals surface area contributed by atoms with Crippen LogP contribution in [0.4, 0.5) is 4.79 Å². The molecule has 152 valence electrons. The molecule has 2 heterocycles. The van der Waals surface area contributed by atoms with Crippen LogP contribution in [0.5, 0.6) is 11.5 Å². The molecule has 0 bridgehead atoms. The number of rotatable bonds is 5. The van der Waals surface area contributed by atoms with Crippen LogP contribution in [0.15, 0.2) is 42.5 Å². The van der Waals surface area contributed by atoms with Gasteiger partial charge in [0.05, 0.1) is 18.2 Å². The third-order valence-corrected chi connectivity index (χ3v) is 5.51. The molecule has 4 rings (SSSR count). The number of hydrogen-bond donors (Lipinski definition) is 2. The van der Waals surface area contributed by atoms with Crippen molar-refractivity contribution < 1.29 is 24.2 Å². The second-order valence-electron chi connectivity index (χ2n) is 6.89. The molecule has 0 radical (unpaired) electrons. The van der Waals surface area contributed by atoms with Gasteiger partial charge in [-0.2, -0.15) is 0 Å². The van der Waals surface area contributed by atoms with Gasteiger partial charge < -0.3 is 19.9 Å². The second kappa shape index (κ2) is 7.74. The molecule has 2 aliphatic rings. The Bertz CT molecular complexity index is 970. The van der Waals surface area contributed by atoms with Gasteiger partial charge in [0.2, 0.25) is 0 Å². The van der Waals surface area contributed by atoms with Crippen LogP contribution in [-0.4, -0.2) is 47.8 Å². The number of fused-ring (bicyclic) bond motifs is 2. The largest absolute Gasteiger partial charge is 0.493 e. The molecule has 0 aromatic heterocycles. The Balaban J connectivity index is 1.46. The average molecular weight is 437 g/mol. The smallest absolute Gasteiger partial charge is 0.325 e. The minimum atomic E-state index is -1.17. The lowest BCUT2D eigenvalue weighted by molar-refractivity contribution is -0.133. The summed E-state index contributed by atoms with van der Waals surface area (Å²) in [6.07, 6.45) is -0.778. The number of para-hydroxylation sites is 1. The van der Waals surface area contributed by atoms with E-state index in [-0.39, 0.29) is 13.2 Å². The minimum absolute atomic E-state index is 0.148. The summed E-state index contributed by atoms with van der Waals surface area (Å²) in [5, 5.41) is 13.9. The topological polar surface area (TPSA) is 88.1 Å². The zero-order chi connectivity index (χ0) is 20.6. The number of nitrogens with zero attached hydrogens (tertiary/aromatic N) is 1. The summed E-state index contributed by atoms with van der Waals surface area (Å²) in [4.78, 5) is 26.7. The van der Waals surface area contributed by atoms with E-state index < -0.39 is 23.6 Å². The molecule has 1 fully saturated rings. The van der Waals surface area contributed by atoms with Crippen molar-refractivity contribution in [2.24, 2.45) is 0 Å². The van der Waals surface area contributed by atoms with Gasteiger partial charge in [-0.25, -0.2) is 4.79 Å². The fourth-order valence-electron chi connectivity index (χ4n) is 3.58. The number of hydrogen-bond acceptors (Lipinski definition) is 5. The number of imide groups is 1. The fourth-order valence-corrected chi connectivity index (χ4v) is 4.04. The van der Waals surface area contributed by atoms with Gasteiger partial charge in [-0.05, 0) is 24.3 Å². The first-order valence-electron chi connectivity index (χ1n) is 9.03. The number of urea groups is 1.